The highest BCUT2D eigenvalue weighted by Crippen LogP contribution is 2.37. The quantitative estimate of drug-likeness (QED) is 0.767. The van der Waals surface area contributed by atoms with Crippen LogP contribution in [0.1, 0.15) is 26.7 Å². The third kappa shape index (κ3) is 2.38. The van der Waals surface area contributed by atoms with Crippen LogP contribution in [-0.4, -0.2) is 42.6 Å². The third-order valence-electron chi connectivity index (χ3n) is 3.81. The highest BCUT2D eigenvalue weighted by atomic mass is 16.5. The third-order valence-corrected chi connectivity index (χ3v) is 3.81. The molecular formula is C12H22N2O2. The Balaban J connectivity index is 1.82. The van der Waals surface area contributed by atoms with Crippen LogP contribution in [0.4, 0.5) is 0 Å². The minimum absolute atomic E-state index is 0.119. The minimum atomic E-state index is 0.119. The average Bonchev–Trinajstić information content (AvgIpc) is 2.78. The van der Waals surface area contributed by atoms with Gasteiger partial charge in [-0.05, 0) is 38.5 Å². The minimum Gasteiger partial charge on any atom is -0.369 e. The van der Waals surface area contributed by atoms with Gasteiger partial charge in [0.05, 0.1) is 6.10 Å². The Morgan fingerprint density at radius 1 is 1.44 bits per heavy atom. The van der Waals surface area contributed by atoms with Gasteiger partial charge in [-0.1, -0.05) is 0 Å². The Morgan fingerprint density at radius 2 is 2.19 bits per heavy atom. The van der Waals surface area contributed by atoms with Gasteiger partial charge in [-0.2, -0.15) is 0 Å². The molecule has 1 aliphatic heterocycles. The summed E-state index contributed by atoms with van der Waals surface area (Å²) in [6, 6.07) is 0.300. The molecule has 2 N–H and O–H groups in total. The zero-order valence-electron chi connectivity index (χ0n) is 10.2. The van der Waals surface area contributed by atoms with E-state index in [1.54, 1.807) is 0 Å². The van der Waals surface area contributed by atoms with Gasteiger partial charge in [0.25, 0.3) is 0 Å². The largest absolute Gasteiger partial charge is 0.369 e. The number of hydrogen-bond acceptors (Lipinski definition) is 3. The van der Waals surface area contributed by atoms with E-state index in [4.69, 9.17) is 10.5 Å². The lowest BCUT2D eigenvalue weighted by Gasteiger charge is -2.19. The molecule has 16 heavy (non-hydrogen) atoms. The molecule has 4 heteroatoms. The molecule has 1 aliphatic carbocycles. The van der Waals surface area contributed by atoms with Crippen molar-refractivity contribution < 1.29 is 9.53 Å². The average molecular weight is 226 g/mol. The van der Waals surface area contributed by atoms with Gasteiger partial charge >= 0.3 is 0 Å². The molecule has 2 fully saturated rings. The van der Waals surface area contributed by atoms with Gasteiger partial charge < -0.3 is 15.4 Å². The number of amides is 1. The first-order valence-corrected chi connectivity index (χ1v) is 6.23. The standard InChI is InChI=1S/C12H22N2O2/c1-8(2)16-7-12(15)14-5-9-3-4-11(13)10(9)6-14/h8-11H,3-7,13H2,1-2H3. The number of hydrogen-bond donors (Lipinski definition) is 1. The fourth-order valence-electron chi connectivity index (χ4n) is 2.84. The van der Waals surface area contributed by atoms with Gasteiger partial charge in [0.15, 0.2) is 0 Å². The summed E-state index contributed by atoms with van der Waals surface area (Å²) in [6.45, 7) is 5.83. The van der Waals surface area contributed by atoms with Crippen molar-refractivity contribution >= 4 is 5.91 Å². The van der Waals surface area contributed by atoms with Crippen molar-refractivity contribution in [2.45, 2.75) is 38.8 Å². The van der Waals surface area contributed by atoms with Crippen molar-refractivity contribution in [2.24, 2.45) is 17.6 Å². The summed E-state index contributed by atoms with van der Waals surface area (Å²) in [6.07, 6.45) is 2.42. The van der Waals surface area contributed by atoms with E-state index in [2.05, 4.69) is 0 Å². The Hall–Kier alpha value is -0.610. The van der Waals surface area contributed by atoms with Crippen LogP contribution in [0.15, 0.2) is 0 Å². The van der Waals surface area contributed by atoms with Crippen molar-refractivity contribution in [1.82, 2.24) is 4.90 Å². The van der Waals surface area contributed by atoms with Crippen LogP contribution in [0.25, 0.3) is 0 Å². The van der Waals surface area contributed by atoms with Crippen LogP contribution < -0.4 is 5.73 Å². The summed E-state index contributed by atoms with van der Waals surface area (Å²) in [4.78, 5) is 13.8. The summed E-state index contributed by atoms with van der Waals surface area (Å²) in [5.74, 6) is 1.29. The zero-order chi connectivity index (χ0) is 11.7. The summed E-state index contributed by atoms with van der Waals surface area (Å²) in [5.41, 5.74) is 6.04. The summed E-state index contributed by atoms with van der Waals surface area (Å²) in [5, 5.41) is 0. The molecule has 0 bridgehead atoms. The Morgan fingerprint density at radius 3 is 2.81 bits per heavy atom. The lowest BCUT2D eigenvalue weighted by Crippen LogP contribution is -2.35. The molecule has 92 valence electrons. The number of nitrogens with zero attached hydrogens (tertiary/aromatic N) is 1. The van der Waals surface area contributed by atoms with E-state index >= 15 is 0 Å². The van der Waals surface area contributed by atoms with Crippen molar-refractivity contribution in [3.63, 3.8) is 0 Å². The van der Waals surface area contributed by atoms with E-state index in [0.29, 0.717) is 17.9 Å². The Labute approximate surface area is 97.1 Å². The highest BCUT2D eigenvalue weighted by Gasteiger charge is 2.42. The van der Waals surface area contributed by atoms with Crippen LogP contribution in [0, 0.1) is 11.8 Å². The number of nitrogens with two attached hydrogens (primary N) is 1. The van der Waals surface area contributed by atoms with Crippen LogP contribution in [0.3, 0.4) is 0 Å². The lowest BCUT2D eigenvalue weighted by atomic mass is 9.98. The second-order valence-corrected chi connectivity index (χ2v) is 5.32. The molecule has 4 nitrogen and oxygen atoms in total. The molecule has 0 aromatic rings. The van der Waals surface area contributed by atoms with E-state index < -0.39 is 0 Å². The number of carbonyl (C=O) groups is 1. The van der Waals surface area contributed by atoms with Gasteiger partial charge in [0.1, 0.15) is 6.61 Å². The normalized spacial score (nSPS) is 33.5. The fraction of sp³-hybridized carbons (Fsp3) is 0.917. The van der Waals surface area contributed by atoms with E-state index in [-0.39, 0.29) is 18.6 Å². The second-order valence-electron chi connectivity index (χ2n) is 5.32. The maximum atomic E-state index is 11.8. The molecule has 0 radical (unpaired) electrons. The van der Waals surface area contributed by atoms with E-state index in [0.717, 1.165) is 19.5 Å². The molecule has 1 heterocycles. The first-order valence-electron chi connectivity index (χ1n) is 6.23. The molecule has 3 atom stereocenters. The molecule has 1 saturated carbocycles. The van der Waals surface area contributed by atoms with E-state index in [1.807, 2.05) is 18.7 Å². The van der Waals surface area contributed by atoms with Crippen LogP contribution in [-0.2, 0) is 9.53 Å². The topological polar surface area (TPSA) is 55.6 Å². The summed E-state index contributed by atoms with van der Waals surface area (Å²) >= 11 is 0. The van der Waals surface area contributed by atoms with Gasteiger partial charge in [-0.3, -0.25) is 4.79 Å². The number of rotatable bonds is 3. The SMILES string of the molecule is CC(C)OCC(=O)N1CC2CCC(N)C2C1. The maximum Gasteiger partial charge on any atom is 0.248 e. The van der Waals surface area contributed by atoms with Crippen molar-refractivity contribution in [2.75, 3.05) is 19.7 Å². The van der Waals surface area contributed by atoms with Crippen LogP contribution in [0.2, 0.25) is 0 Å². The first kappa shape index (κ1) is 11.9. The van der Waals surface area contributed by atoms with Gasteiger partial charge in [-0.25, -0.2) is 0 Å². The number of likely N-dealkylation sites (tertiary alicyclic amines) is 1. The number of carbonyl (C=O) groups excluding carboxylic acids is 1. The van der Waals surface area contributed by atoms with Crippen molar-refractivity contribution in [3.05, 3.63) is 0 Å². The molecule has 3 unspecified atom stereocenters. The number of ether oxygens (including phenoxy) is 1. The predicted molar refractivity (Wildman–Crippen MR) is 61.9 cm³/mol. The molecule has 1 amide bonds. The molecule has 2 rings (SSSR count). The molecule has 2 aliphatic rings. The fourth-order valence-corrected chi connectivity index (χ4v) is 2.84. The molecular weight excluding hydrogens is 204 g/mol. The van der Waals surface area contributed by atoms with Gasteiger partial charge in [-0.15, -0.1) is 0 Å². The molecule has 0 aromatic heterocycles. The maximum absolute atomic E-state index is 11.8. The second kappa shape index (κ2) is 4.72. The summed E-state index contributed by atoms with van der Waals surface area (Å²) in [7, 11) is 0. The highest BCUT2D eigenvalue weighted by molar-refractivity contribution is 5.77. The Bertz CT molecular complexity index is 268. The molecule has 0 aromatic carbocycles. The van der Waals surface area contributed by atoms with Gasteiger partial charge in [0, 0.05) is 19.1 Å². The lowest BCUT2D eigenvalue weighted by molar-refractivity contribution is -0.136. The monoisotopic (exact) mass is 226 g/mol. The predicted octanol–water partition coefficient (Wildman–Crippen LogP) is 0.607. The molecule has 1 saturated heterocycles. The summed E-state index contributed by atoms with van der Waals surface area (Å²) < 4.78 is 5.34. The van der Waals surface area contributed by atoms with Crippen LogP contribution in [0.5, 0.6) is 0 Å². The van der Waals surface area contributed by atoms with Crippen molar-refractivity contribution in [1.29, 1.82) is 0 Å². The van der Waals surface area contributed by atoms with Gasteiger partial charge in [0.2, 0.25) is 5.91 Å². The van der Waals surface area contributed by atoms with E-state index in [1.165, 1.54) is 6.42 Å². The molecule has 0 spiro atoms. The first-order chi connectivity index (χ1) is 7.58. The smallest absolute Gasteiger partial charge is 0.248 e. The Kier molecular flexibility index (Phi) is 3.50. The van der Waals surface area contributed by atoms with Crippen molar-refractivity contribution in [3.8, 4) is 0 Å². The van der Waals surface area contributed by atoms with Crippen LogP contribution >= 0.6 is 0 Å². The number of fused-ring (bicyclic) bond motifs is 1. The van der Waals surface area contributed by atoms with E-state index in [9.17, 15) is 4.79 Å². The zero-order valence-corrected chi connectivity index (χ0v) is 10.2.